The molecule has 2 aliphatic rings. The highest BCUT2D eigenvalue weighted by molar-refractivity contribution is 5.74. The van der Waals surface area contributed by atoms with Gasteiger partial charge in [0.15, 0.2) is 5.82 Å². The third kappa shape index (κ3) is 3.02. The summed E-state index contributed by atoms with van der Waals surface area (Å²) in [6, 6.07) is -0.175. The summed E-state index contributed by atoms with van der Waals surface area (Å²) < 4.78 is 1.92. The fourth-order valence-electron chi connectivity index (χ4n) is 3.07. The van der Waals surface area contributed by atoms with E-state index < -0.39 is 6.10 Å². The first-order chi connectivity index (χ1) is 10.2. The molecule has 7 nitrogen and oxygen atoms in total. The highest BCUT2D eigenvalue weighted by Crippen LogP contribution is 2.23. The van der Waals surface area contributed by atoms with Gasteiger partial charge in [-0.2, -0.15) is 5.10 Å². The monoisotopic (exact) mass is 293 g/mol. The van der Waals surface area contributed by atoms with Gasteiger partial charge in [0.05, 0.1) is 12.1 Å². The van der Waals surface area contributed by atoms with Crippen LogP contribution in [-0.4, -0.2) is 50.0 Å². The van der Waals surface area contributed by atoms with Crippen LogP contribution < -0.4 is 5.32 Å². The maximum atomic E-state index is 12.3. The molecule has 0 saturated carbocycles. The first-order valence-corrected chi connectivity index (χ1v) is 7.84. The lowest BCUT2D eigenvalue weighted by Crippen LogP contribution is -2.48. The summed E-state index contributed by atoms with van der Waals surface area (Å²) in [6.45, 7) is 4.04. The van der Waals surface area contributed by atoms with Crippen molar-refractivity contribution < 1.29 is 9.90 Å². The standard InChI is InChI=1S/C14H23N5O2/c1-2-12-16-13-11(6-4-8-19(13)17-12)15-14(21)18-7-3-5-10(20)9-18/h10-11,20H,2-9H2,1H3,(H,15,21). The number of amides is 2. The molecule has 1 fully saturated rings. The number of hydrogen-bond acceptors (Lipinski definition) is 4. The lowest BCUT2D eigenvalue weighted by atomic mass is 10.1. The molecule has 1 aromatic rings. The highest BCUT2D eigenvalue weighted by Gasteiger charge is 2.28. The van der Waals surface area contributed by atoms with Gasteiger partial charge in [-0.25, -0.2) is 14.5 Å². The van der Waals surface area contributed by atoms with E-state index in [2.05, 4.69) is 15.4 Å². The first-order valence-electron chi connectivity index (χ1n) is 7.84. The summed E-state index contributed by atoms with van der Waals surface area (Å²) in [6.07, 6.45) is 3.93. The molecule has 0 aliphatic carbocycles. The fourth-order valence-corrected chi connectivity index (χ4v) is 3.07. The second-order valence-electron chi connectivity index (χ2n) is 5.85. The number of aromatic nitrogens is 3. The van der Waals surface area contributed by atoms with Crippen LogP contribution in [0.15, 0.2) is 0 Å². The minimum Gasteiger partial charge on any atom is -0.391 e. The summed E-state index contributed by atoms with van der Waals surface area (Å²) >= 11 is 0. The van der Waals surface area contributed by atoms with E-state index in [4.69, 9.17) is 0 Å². The average molecular weight is 293 g/mol. The Hall–Kier alpha value is -1.63. The third-order valence-corrected chi connectivity index (χ3v) is 4.22. The number of rotatable bonds is 2. The summed E-state index contributed by atoms with van der Waals surface area (Å²) in [4.78, 5) is 18.6. The molecular formula is C14H23N5O2. The van der Waals surface area contributed by atoms with Gasteiger partial charge in [-0.1, -0.05) is 6.92 Å². The smallest absolute Gasteiger partial charge is 0.318 e. The van der Waals surface area contributed by atoms with Crippen LogP contribution in [0.4, 0.5) is 4.79 Å². The van der Waals surface area contributed by atoms with Crippen molar-refractivity contribution in [3.63, 3.8) is 0 Å². The van der Waals surface area contributed by atoms with E-state index in [1.807, 2.05) is 11.6 Å². The number of urea groups is 1. The van der Waals surface area contributed by atoms with E-state index in [0.29, 0.717) is 13.1 Å². The number of nitrogens with one attached hydrogen (secondary N) is 1. The normalized spacial score (nSPS) is 25.5. The predicted molar refractivity (Wildman–Crippen MR) is 76.7 cm³/mol. The number of piperidine rings is 1. The molecular weight excluding hydrogens is 270 g/mol. The minimum atomic E-state index is -0.397. The van der Waals surface area contributed by atoms with E-state index >= 15 is 0 Å². The van der Waals surface area contributed by atoms with Crippen molar-refractivity contribution in [1.29, 1.82) is 0 Å². The average Bonchev–Trinajstić information content (AvgIpc) is 2.91. The Morgan fingerprint density at radius 2 is 2.19 bits per heavy atom. The number of carbonyl (C=O) groups excluding carboxylic acids is 1. The van der Waals surface area contributed by atoms with Crippen LogP contribution >= 0.6 is 0 Å². The molecule has 2 aliphatic heterocycles. The van der Waals surface area contributed by atoms with Crippen molar-refractivity contribution in [2.45, 2.75) is 57.7 Å². The molecule has 0 spiro atoms. The van der Waals surface area contributed by atoms with Crippen LogP contribution in [0.5, 0.6) is 0 Å². The molecule has 0 radical (unpaired) electrons. The number of nitrogens with zero attached hydrogens (tertiary/aromatic N) is 4. The number of hydrogen-bond donors (Lipinski definition) is 2. The van der Waals surface area contributed by atoms with Crippen molar-refractivity contribution in [3.05, 3.63) is 11.6 Å². The van der Waals surface area contributed by atoms with Gasteiger partial charge >= 0.3 is 6.03 Å². The molecule has 2 atom stereocenters. The lowest BCUT2D eigenvalue weighted by Gasteiger charge is -2.32. The summed E-state index contributed by atoms with van der Waals surface area (Å²) in [5.41, 5.74) is 0. The number of carbonyl (C=O) groups is 1. The molecule has 0 aromatic carbocycles. The molecule has 1 aromatic heterocycles. The van der Waals surface area contributed by atoms with Crippen LogP contribution in [0.25, 0.3) is 0 Å². The molecule has 1 saturated heterocycles. The number of aliphatic hydroxyl groups is 1. The highest BCUT2D eigenvalue weighted by atomic mass is 16.3. The van der Waals surface area contributed by atoms with Crippen LogP contribution in [0.1, 0.15) is 50.3 Å². The molecule has 2 N–H and O–H groups in total. The molecule has 2 unspecified atom stereocenters. The predicted octanol–water partition coefficient (Wildman–Crippen LogP) is 0.842. The Bertz CT molecular complexity index is 515. The Kier molecular flexibility index (Phi) is 4.10. The fraction of sp³-hybridized carbons (Fsp3) is 0.786. The van der Waals surface area contributed by atoms with Crippen molar-refractivity contribution in [3.8, 4) is 0 Å². The van der Waals surface area contributed by atoms with E-state index in [-0.39, 0.29) is 12.1 Å². The number of β-amino-alcohol motifs (C(OH)–C–C–N with tert-alkyl or cyclic N) is 1. The van der Waals surface area contributed by atoms with E-state index in [1.165, 1.54) is 0 Å². The van der Waals surface area contributed by atoms with Gasteiger partial charge in [-0.15, -0.1) is 0 Å². The molecule has 0 bridgehead atoms. The van der Waals surface area contributed by atoms with E-state index in [1.54, 1.807) is 4.90 Å². The molecule has 3 rings (SSSR count). The second-order valence-corrected chi connectivity index (χ2v) is 5.85. The second kappa shape index (κ2) is 6.01. The number of aryl methyl sites for hydroxylation is 2. The zero-order valence-corrected chi connectivity index (χ0v) is 12.5. The molecule has 116 valence electrons. The van der Waals surface area contributed by atoms with Crippen LogP contribution in [0, 0.1) is 0 Å². The summed E-state index contributed by atoms with van der Waals surface area (Å²) in [5, 5.41) is 17.2. The Morgan fingerprint density at radius 1 is 1.38 bits per heavy atom. The summed E-state index contributed by atoms with van der Waals surface area (Å²) in [5.74, 6) is 1.70. The maximum Gasteiger partial charge on any atom is 0.318 e. The zero-order valence-electron chi connectivity index (χ0n) is 12.5. The van der Waals surface area contributed by atoms with E-state index in [0.717, 1.165) is 50.3 Å². The van der Waals surface area contributed by atoms with Crippen molar-refractivity contribution in [2.75, 3.05) is 13.1 Å². The zero-order chi connectivity index (χ0) is 14.8. The minimum absolute atomic E-state index is 0.0712. The van der Waals surface area contributed by atoms with Crippen LogP contribution in [0.3, 0.4) is 0 Å². The quantitative estimate of drug-likeness (QED) is 0.846. The lowest BCUT2D eigenvalue weighted by molar-refractivity contribution is 0.0827. The Balaban J connectivity index is 1.68. The van der Waals surface area contributed by atoms with Crippen molar-refractivity contribution in [1.82, 2.24) is 25.0 Å². The van der Waals surface area contributed by atoms with Gasteiger partial charge in [0, 0.05) is 26.1 Å². The van der Waals surface area contributed by atoms with Gasteiger partial charge < -0.3 is 15.3 Å². The van der Waals surface area contributed by atoms with Crippen LogP contribution in [-0.2, 0) is 13.0 Å². The van der Waals surface area contributed by atoms with Gasteiger partial charge in [0.25, 0.3) is 0 Å². The number of fused-ring (bicyclic) bond motifs is 1. The van der Waals surface area contributed by atoms with Gasteiger partial charge in [0.2, 0.25) is 0 Å². The Morgan fingerprint density at radius 3 is 2.95 bits per heavy atom. The van der Waals surface area contributed by atoms with Gasteiger partial charge in [-0.3, -0.25) is 0 Å². The SMILES string of the molecule is CCc1nc2n(n1)CCCC2NC(=O)N1CCCC(O)C1. The van der Waals surface area contributed by atoms with Crippen LogP contribution in [0.2, 0.25) is 0 Å². The van der Waals surface area contributed by atoms with Gasteiger partial charge in [0.1, 0.15) is 5.82 Å². The number of aliphatic hydroxyl groups excluding tert-OH is 1. The Labute approximate surface area is 124 Å². The molecule has 7 heteroatoms. The van der Waals surface area contributed by atoms with Crippen molar-refractivity contribution >= 4 is 6.03 Å². The third-order valence-electron chi connectivity index (χ3n) is 4.22. The first kappa shape index (κ1) is 14.3. The number of likely N-dealkylation sites (tertiary alicyclic amines) is 1. The molecule has 3 heterocycles. The van der Waals surface area contributed by atoms with E-state index in [9.17, 15) is 9.90 Å². The molecule has 2 amide bonds. The largest absolute Gasteiger partial charge is 0.391 e. The topological polar surface area (TPSA) is 83.3 Å². The van der Waals surface area contributed by atoms with Crippen molar-refractivity contribution in [2.24, 2.45) is 0 Å². The summed E-state index contributed by atoms with van der Waals surface area (Å²) in [7, 11) is 0. The molecule has 21 heavy (non-hydrogen) atoms. The maximum absolute atomic E-state index is 12.3. The van der Waals surface area contributed by atoms with Gasteiger partial charge in [-0.05, 0) is 25.7 Å².